The fourth-order valence-electron chi connectivity index (χ4n) is 2.78. The van der Waals surface area contributed by atoms with Gasteiger partial charge < -0.3 is 9.84 Å². The first-order valence-electron chi connectivity index (χ1n) is 9.41. The van der Waals surface area contributed by atoms with Crippen molar-refractivity contribution in [3.63, 3.8) is 0 Å². The van der Waals surface area contributed by atoms with Crippen LogP contribution in [0.4, 0.5) is 0 Å². The third-order valence-electron chi connectivity index (χ3n) is 4.20. The first kappa shape index (κ1) is 20.4. The lowest BCUT2D eigenvalue weighted by atomic mass is 10.1. The summed E-state index contributed by atoms with van der Waals surface area (Å²) in [6.07, 6.45) is 14.2. The number of carboxylic acid groups (broad SMARTS) is 1. The number of unbranched alkanes of at least 4 members (excludes halogenated alkanes) is 9. The van der Waals surface area contributed by atoms with E-state index in [2.05, 4.69) is 6.92 Å². The largest absolute Gasteiger partial charge is 0.481 e. The molecule has 0 aromatic heterocycles. The van der Waals surface area contributed by atoms with Crippen LogP contribution in [0.2, 0.25) is 0 Å². The van der Waals surface area contributed by atoms with Gasteiger partial charge in [-0.05, 0) is 19.3 Å². The first-order chi connectivity index (χ1) is 11.2. The van der Waals surface area contributed by atoms with Crippen molar-refractivity contribution >= 4 is 5.97 Å². The van der Waals surface area contributed by atoms with Gasteiger partial charge in [-0.25, -0.2) is 9.78 Å². The Balaban J connectivity index is 1.87. The maximum atomic E-state index is 10.4. The van der Waals surface area contributed by atoms with E-state index in [0.717, 1.165) is 51.4 Å². The average Bonchev–Trinajstić information content (AvgIpc) is 2.97. The fraction of sp³-hybridized carbons (Fsp3) is 0.944. The zero-order valence-electron chi connectivity index (χ0n) is 14.6. The van der Waals surface area contributed by atoms with Crippen LogP contribution in [-0.2, 0) is 19.3 Å². The summed E-state index contributed by atoms with van der Waals surface area (Å²) in [6.45, 7) is 2.23. The molecule has 1 N–H and O–H groups in total. The third kappa shape index (κ3) is 11.5. The van der Waals surface area contributed by atoms with E-state index >= 15 is 0 Å². The molecule has 5 nitrogen and oxygen atoms in total. The van der Waals surface area contributed by atoms with Crippen molar-refractivity contribution in [1.29, 1.82) is 0 Å². The quantitative estimate of drug-likeness (QED) is 0.331. The van der Waals surface area contributed by atoms with Crippen molar-refractivity contribution in [3.05, 3.63) is 0 Å². The van der Waals surface area contributed by atoms with Crippen molar-refractivity contribution in [1.82, 2.24) is 0 Å². The molecular weight excluding hydrogens is 296 g/mol. The minimum absolute atomic E-state index is 0.193. The molecule has 0 saturated carbocycles. The summed E-state index contributed by atoms with van der Waals surface area (Å²) in [5.74, 6) is -0.702. The predicted molar refractivity (Wildman–Crippen MR) is 88.8 cm³/mol. The molecule has 1 rings (SSSR count). The van der Waals surface area contributed by atoms with Crippen LogP contribution in [0.3, 0.4) is 0 Å². The summed E-state index contributed by atoms with van der Waals surface area (Å²) in [7, 11) is 0. The average molecular weight is 330 g/mol. The van der Waals surface area contributed by atoms with E-state index in [-0.39, 0.29) is 19.0 Å². The molecule has 0 amide bonds. The Kier molecular flexibility index (Phi) is 12.2. The number of aliphatic carboxylic acids is 1. The predicted octanol–water partition coefficient (Wildman–Crippen LogP) is 5.18. The molecule has 1 fully saturated rings. The second-order valence-electron chi connectivity index (χ2n) is 6.44. The van der Waals surface area contributed by atoms with E-state index < -0.39 is 5.97 Å². The van der Waals surface area contributed by atoms with E-state index in [1.165, 1.54) is 32.1 Å². The monoisotopic (exact) mass is 330 g/mol. The van der Waals surface area contributed by atoms with Crippen LogP contribution >= 0.6 is 0 Å². The molecule has 0 spiro atoms. The van der Waals surface area contributed by atoms with Crippen LogP contribution in [0.15, 0.2) is 0 Å². The summed E-state index contributed by atoms with van der Waals surface area (Å²) < 4.78 is 5.73. The SMILES string of the molecule is CCCCCCCCC1OOC(CCCCCCCC(=O)O)O1. The van der Waals surface area contributed by atoms with E-state index in [9.17, 15) is 4.79 Å². The highest BCUT2D eigenvalue weighted by Gasteiger charge is 2.26. The number of hydrogen-bond donors (Lipinski definition) is 1. The topological polar surface area (TPSA) is 65.0 Å². The highest BCUT2D eigenvalue weighted by Crippen LogP contribution is 2.23. The van der Waals surface area contributed by atoms with Crippen LogP contribution in [0, 0.1) is 0 Å². The number of hydrogen-bond acceptors (Lipinski definition) is 4. The first-order valence-corrected chi connectivity index (χ1v) is 9.41. The molecule has 23 heavy (non-hydrogen) atoms. The Hall–Kier alpha value is -0.650. The van der Waals surface area contributed by atoms with Gasteiger partial charge in [0.1, 0.15) is 0 Å². The lowest BCUT2D eigenvalue weighted by Gasteiger charge is -2.08. The standard InChI is InChI=1S/C18H34O5/c1-2-3-4-5-8-11-14-17-21-18(23-22-17)15-12-9-6-7-10-13-16(19)20/h17-18H,2-15H2,1H3,(H,19,20). The van der Waals surface area contributed by atoms with Crippen molar-refractivity contribution in [3.8, 4) is 0 Å². The Bertz CT molecular complexity index is 295. The number of carbonyl (C=O) groups is 1. The molecule has 0 aromatic rings. The highest BCUT2D eigenvalue weighted by atomic mass is 17.3. The van der Waals surface area contributed by atoms with E-state index in [4.69, 9.17) is 19.6 Å². The fourth-order valence-corrected chi connectivity index (χ4v) is 2.78. The molecule has 0 radical (unpaired) electrons. The normalized spacial score (nSPS) is 20.9. The Morgan fingerprint density at radius 2 is 1.26 bits per heavy atom. The molecule has 1 heterocycles. The van der Waals surface area contributed by atoms with Gasteiger partial charge in [-0.3, -0.25) is 4.79 Å². The van der Waals surface area contributed by atoms with Gasteiger partial charge in [0.15, 0.2) is 12.6 Å². The Morgan fingerprint density at radius 1 is 0.783 bits per heavy atom. The van der Waals surface area contributed by atoms with Crippen LogP contribution < -0.4 is 0 Å². The molecule has 1 saturated heterocycles. The van der Waals surface area contributed by atoms with Gasteiger partial charge in [0, 0.05) is 19.3 Å². The summed E-state index contributed by atoms with van der Waals surface area (Å²) in [6, 6.07) is 0. The number of ether oxygens (including phenoxy) is 1. The summed E-state index contributed by atoms with van der Waals surface area (Å²) in [5.41, 5.74) is 0. The molecule has 0 bridgehead atoms. The second-order valence-corrected chi connectivity index (χ2v) is 6.44. The molecule has 1 aliphatic rings. The van der Waals surface area contributed by atoms with Gasteiger partial charge in [0.2, 0.25) is 0 Å². The molecule has 2 unspecified atom stereocenters. The summed E-state index contributed by atoms with van der Waals surface area (Å²) in [5, 5.41) is 8.55. The van der Waals surface area contributed by atoms with Gasteiger partial charge in [0.25, 0.3) is 0 Å². The minimum atomic E-state index is -0.702. The van der Waals surface area contributed by atoms with Crippen LogP contribution in [0.1, 0.15) is 96.8 Å². The lowest BCUT2D eigenvalue weighted by Crippen LogP contribution is -2.11. The maximum absolute atomic E-state index is 10.4. The van der Waals surface area contributed by atoms with Crippen molar-refractivity contribution in [2.24, 2.45) is 0 Å². The van der Waals surface area contributed by atoms with E-state index in [1.54, 1.807) is 0 Å². The molecule has 0 aliphatic carbocycles. The van der Waals surface area contributed by atoms with Crippen molar-refractivity contribution in [2.75, 3.05) is 0 Å². The van der Waals surface area contributed by atoms with Crippen LogP contribution in [0.5, 0.6) is 0 Å². The number of carboxylic acids is 1. The van der Waals surface area contributed by atoms with Crippen molar-refractivity contribution < 1.29 is 24.4 Å². The Labute approximate surface area is 140 Å². The Morgan fingerprint density at radius 3 is 1.78 bits per heavy atom. The van der Waals surface area contributed by atoms with Gasteiger partial charge >= 0.3 is 5.97 Å². The van der Waals surface area contributed by atoms with Crippen molar-refractivity contribution in [2.45, 2.75) is 109 Å². The molecule has 0 aromatic carbocycles. The number of rotatable bonds is 15. The molecule has 2 atom stereocenters. The molecule has 136 valence electrons. The van der Waals surface area contributed by atoms with E-state index in [1.807, 2.05) is 0 Å². The van der Waals surface area contributed by atoms with Crippen LogP contribution in [-0.4, -0.2) is 23.7 Å². The zero-order chi connectivity index (χ0) is 16.8. The summed E-state index contributed by atoms with van der Waals surface area (Å²) >= 11 is 0. The highest BCUT2D eigenvalue weighted by molar-refractivity contribution is 5.66. The van der Waals surface area contributed by atoms with Gasteiger partial charge in [-0.2, -0.15) is 0 Å². The lowest BCUT2D eigenvalue weighted by molar-refractivity contribution is -0.298. The van der Waals surface area contributed by atoms with E-state index in [0.29, 0.717) is 0 Å². The van der Waals surface area contributed by atoms with Gasteiger partial charge in [0.05, 0.1) is 0 Å². The molecule has 5 heteroatoms. The minimum Gasteiger partial charge on any atom is -0.481 e. The zero-order valence-corrected chi connectivity index (χ0v) is 14.6. The smallest absolute Gasteiger partial charge is 0.303 e. The third-order valence-corrected chi connectivity index (χ3v) is 4.20. The maximum Gasteiger partial charge on any atom is 0.303 e. The summed E-state index contributed by atoms with van der Waals surface area (Å²) in [4.78, 5) is 20.8. The molecule has 1 aliphatic heterocycles. The second kappa shape index (κ2) is 13.8. The van der Waals surface area contributed by atoms with Crippen LogP contribution in [0.25, 0.3) is 0 Å². The molecular formula is C18H34O5. The van der Waals surface area contributed by atoms with Gasteiger partial charge in [-0.15, -0.1) is 0 Å². The van der Waals surface area contributed by atoms with Gasteiger partial charge in [-0.1, -0.05) is 58.3 Å².